The molecule has 0 saturated heterocycles. The van der Waals surface area contributed by atoms with Crippen LogP contribution in [0.1, 0.15) is 11.3 Å². The van der Waals surface area contributed by atoms with Gasteiger partial charge in [0.15, 0.2) is 0 Å². The lowest BCUT2D eigenvalue weighted by Crippen LogP contribution is -2.46. The normalized spacial score (nSPS) is 11.9. The SMILES string of the molecule is CN(Cc1ccc(Cl)s1)C(=O)NC(CCO)C(=O)O. The molecule has 3 N–H and O–H groups in total. The van der Waals surface area contributed by atoms with E-state index in [0.29, 0.717) is 10.9 Å². The van der Waals surface area contributed by atoms with E-state index in [0.717, 1.165) is 4.88 Å². The number of carboxylic acids is 1. The van der Waals surface area contributed by atoms with E-state index in [4.69, 9.17) is 21.8 Å². The number of carbonyl (C=O) groups excluding carboxylic acids is 1. The van der Waals surface area contributed by atoms with E-state index < -0.39 is 18.0 Å². The van der Waals surface area contributed by atoms with Crippen molar-refractivity contribution in [3.8, 4) is 0 Å². The van der Waals surface area contributed by atoms with Crippen LogP contribution in [0.15, 0.2) is 12.1 Å². The Bertz CT molecular complexity index is 452. The smallest absolute Gasteiger partial charge is 0.326 e. The van der Waals surface area contributed by atoms with Gasteiger partial charge in [0.05, 0.1) is 10.9 Å². The summed E-state index contributed by atoms with van der Waals surface area (Å²) in [4.78, 5) is 24.9. The summed E-state index contributed by atoms with van der Waals surface area (Å²) >= 11 is 7.14. The molecule has 1 atom stereocenters. The highest BCUT2D eigenvalue weighted by molar-refractivity contribution is 7.16. The van der Waals surface area contributed by atoms with Crippen LogP contribution in [0.3, 0.4) is 0 Å². The third-order valence-electron chi connectivity index (χ3n) is 2.38. The van der Waals surface area contributed by atoms with Crippen LogP contribution in [-0.4, -0.2) is 46.8 Å². The summed E-state index contributed by atoms with van der Waals surface area (Å²) in [5.74, 6) is -1.17. The van der Waals surface area contributed by atoms with E-state index >= 15 is 0 Å². The summed E-state index contributed by atoms with van der Waals surface area (Å²) in [6.07, 6.45) is -0.0280. The first-order valence-electron chi connectivity index (χ1n) is 5.53. The lowest BCUT2D eigenvalue weighted by molar-refractivity contribution is -0.139. The van der Waals surface area contributed by atoms with Gasteiger partial charge in [0.25, 0.3) is 0 Å². The first-order chi connectivity index (χ1) is 8.93. The second-order valence-electron chi connectivity index (χ2n) is 3.91. The summed E-state index contributed by atoms with van der Waals surface area (Å²) in [7, 11) is 1.56. The maximum absolute atomic E-state index is 11.8. The highest BCUT2D eigenvalue weighted by Gasteiger charge is 2.21. The Kier molecular flexibility index (Phi) is 6.07. The van der Waals surface area contributed by atoms with Gasteiger partial charge in [0.1, 0.15) is 6.04 Å². The fraction of sp³-hybridized carbons (Fsp3) is 0.455. The lowest BCUT2D eigenvalue weighted by Gasteiger charge is -2.20. The van der Waals surface area contributed by atoms with Crippen molar-refractivity contribution in [2.45, 2.75) is 19.0 Å². The summed E-state index contributed by atoms with van der Waals surface area (Å²) in [5, 5.41) is 19.9. The minimum Gasteiger partial charge on any atom is -0.480 e. The summed E-state index contributed by atoms with van der Waals surface area (Å²) < 4.78 is 0.632. The standard InChI is InChI=1S/C11H15ClN2O4S/c1-14(6-7-2-3-9(12)19-7)11(18)13-8(4-5-15)10(16)17/h2-3,8,15H,4-6H2,1H3,(H,13,18)(H,16,17). The van der Waals surface area contributed by atoms with Crippen molar-refractivity contribution in [3.05, 3.63) is 21.3 Å². The van der Waals surface area contributed by atoms with Gasteiger partial charge in [0.2, 0.25) is 0 Å². The molecule has 1 rings (SSSR count). The number of carbonyl (C=O) groups is 2. The molecule has 0 aliphatic heterocycles. The summed E-state index contributed by atoms with van der Waals surface area (Å²) in [6, 6.07) is 1.94. The fourth-order valence-electron chi connectivity index (χ4n) is 1.39. The van der Waals surface area contributed by atoms with Crippen LogP contribution in [0, 0.1) is 0 Å². The number of halogens is 1. The van der Waals surface area contributed by atoms with E-state index in [-0.39, 0.29) is 13.0 Å². The van der Waals surface area contributed by atoms with Gasteiger partial charge in [0, 0.05) is 25.0 Å². The molecular weight excluding hydrogens is 292 g/mol. The highest BCUT2D eigenvalue weighted by atomic mass is 35.5. The minimum atomic E-state index is -1.17. The van der Waals surface area contributed by atoms with Crippen molar-refractivity contribution >= 4 is 34.9 Å². The molecule has 1 aromatic rings. The maximum Gasteiger partial charge on any atom is 0.326 e. The van der Waals surface area contributed by atoms with E-state index in [2.05, 4.69) is 5.32 Å². The van der Waals surface area contributed by atoms with Crippen LogP contribution < -0.4 is 5.32 Å². The van der Waals surface area contributed by atoms with Gasteiger partial charge in [-0.2, -0.15) is 0 Å². The molecule has 8 heteroatoms. The van der Waals surface area contributed by atoms with Crippen molar-refractivity contribution in [1.82, 2.24) is 10.2 Å². The van der Waals surface area contributed by atoms with E-state index in [1.165, 1.54) is 16.2 Å². The van der Waals surface area contributed by atoms with Gasteiger partial charge in [-0.3, -0.25) is 0 Å². The first kappa shape index (κ1) is 15.7. The Morgan fingerprint density at radius 2 is 2.21 bits per heavy atom. The van der Waals surface area contributed by atoms with Crippen molar-refractivity contribution in [2.75, 3.05) is 13.7 Å². The summed E-state index contributed by atoms with van der Waals surface area (Å²) in [6.45, 7) is 0.0379. The molecule has 0 bridgehead atoms. The number of hydrogen-bond acceptors (Lipinski definition) is 4. The zero-order valence-electron chi connectivity index (χ0n) is 10.3. The number of carboxylic acid groups (broad SMARTS) is 1. The molecule has 0 aliphatic rings. The van der Waals surface area contributed by atoms with Crippen molar-refractivity contribution < 1.29 is 19.8 Å². The summed E-state index contributed by atoms with van der Waals surface area (Å²) in [5.41, 5.74) is 0. The Balaban J connectivity index is 2.54. The van der Waals surface area contributed by atoms with Gasteiger partial charge in [-0.05, 0) is 12.1 Å². The van der Waals surface area contributed by atoms with Gasteiger partial charge < -0.3 is 20.4 Å². The topological polar surface area (TPSA) is 89.9 Å². The molecule has 0 saturated carbocycles. The number of hydrogen-bond donors (Lipinski definition) is 3. The van der Waals surface area contributed by atoms with Crippen LogP contribution in [0.4, 0.5) is 4.79 Å². The molecule has 0 aromatic carbocycles. The van der Waals surface area contributed by atoms with Crippen LogP contribution in [0.5, 0.6) is 0 Å². The van der Waals surface area contributed by atoms with E-state index in [1.807, 2.05) is 0 Å². The quantitative estimate of drug-likeness (QED) is 0.740. The van der Waals surface area contributed by atoms with Crippen LogP contribution in [0.2, 0.25) is 4.34 Å². The molecule has 1 aromatic heterocycles. The Hall–Kier alpha value is -1.31. The van der Waals surface area contributed by atoms with Crippen LogP contribution in [-0.2, 0) is 11.3 Å². The molecule has 6 nitrogen and oxygen atoms in total. The lowest BCUT2D eigenvalue weighted by atomic mass is 10.2. The van der Waals surface area contributed by atoms with E-state index in [9.17, 15) is 9.59 Å². The number of amides is 2. The Morgan fingerprint density at radius 3 is 2.68 bits per heavy atom. The zero-order chi connectivity index (χ0) is 14.4. The fourth-order valence-corrected chi connectivity index (χ4v) is 2.53. The molecule has 0 spiro atoms. The van der Waals surface area contributed by atoms with Gasteiger partial charge >= 0.3 is 12.0 Å². The minimum absolute atomic E-state index is 0.0280. The van der Waals surface area contributed by atoms with Gasteiger partial charge in [-0.25, -0.2) is 9.59 Å². The molecule has 1 unspecified atom stereocenters. The number of aliphatic carboxylic acids is 1. The molecule has 19 heavy (non-hydrogen) atoms. The van der Waals surface area contributed by atoms with Gasteiger partial charge in [-0.15, -0.1) is 11.3 Å². The predicted octanol–water partition coefficient (Wildman–Crippen LogP) is 1.38. The third kappa shape index (κ3) is 5.06. The second kappa shape index (κ2) is 7.32. The second-order valence-corrected chi connectivity index (χ2v) is 5.71. The zero-order valence-corrected chi connectivity index (χ0v) is 11.9. The van der Waals surface area contributed by atoms with E-state index in [1.54, 1.807) is 19.2 Å². The van der Waals surface area contributed by atoms with Crippen LogP contribution >= 0.6 is 22.9 Å². The van der Waals surface area contributed by atoms with Gasteiger partial charge in [-0.1, -0.05) is 11.6 Å². The monoisotopic (exact) mass is 306 g/mol. The van der Waals surface area contributed by atoms with Crippen LogP contribution in [0.25, 0.3) is 0 Å². The Morgan fingerprint density at radius 1 is 1.53 bits per heavy atom. The Labute approximate surface area is 119 Å². The highest BCUT2D eigenvalue weighted by Crippen LogP contribution is 2.22. The van der Waals surface area contributed by atoms with Crippen molar-refractivity contribution in [2.24, 2.45) is 0 Å². The van der Waals surface area contributed by atoms with Crippen molar-refractivity contribution in [3.63, 3.8) is 0 Å². The average Bonchev–Trinajstić information content (AvgIpc) is 2.73. The maximum atomic E-state index is 11.8. The molecular formula is C11H15ClN2O4S. The number of thiophene rings is 1. The van der Waals surface area contributed by atoms with Crippen molar-refractivity contribution in [1.29, 1.82) is 0 Å². The predicted molar refractivity (Wildman–Crippen MR) is 72.5 cm³/mol. The largest absolute Gasteiger partial charge is 0.480 e. The molecule has 0 aliphatic carbocycles. The number of aliphatic hydroxyl groups excluding tert-OH is 1. The number of urea groups is 1. The average molecular weight is 307 g/mol. The molecule has 0 fully saturated rings. The molecule has 2 amide bonds. The number of rotatable bonds is 6. The number of nitrogens with one attached hydrogen (secondary N) is 1. The molecule has 1 heterocycles. The number of nitrogens with zero attached hydrogens (tertiary/aromatic N) is 1. The third-order valence-corrected chi connectivity index (χ3v) is 3.60. The first-order valence-corrected chi connectivity index (χ1v) is 6.73. The molecule has 0 radical (unpaired) electrons. The molecule has 106 valence electrons. The number of aliphatic hydroxyl groups is 1.